The lowest BCUT2D eigenvalue weighted by Gasteiger charge is -2.18. The number of hydrogen-bond donors (Lipinski definition) is 2. The van der Waals surface area contributed by atoms with E-state index in [2.05, 4.69) is 20.1 Å². The second-order valence-corrected chi connectivity index (χ2v) is 7.41. The Balaban J connectivity index is 1.38. The average molecular weight is 387 g/mol. The molecule has 0 bridgehead atoms. The number of aliphatic hydroxyl groups is 1. The molecular weight excluding hydrogens is 370 g/mol. The first-order chi connectivity index (χ1) is 14.2. The highest BCUT2D eigenvalue weighted by atomic mass is 16.6. The predicted octanol–water partition coefficient (Wildman–Crippen LogP) is 1.68. The summed E-state index contributed by atoms with van der Waals surface area (Å²) < 4.78 is 1.90. The van der Waals surface area contributed by atoms with E-state index in [0.717, 1.165) is 16.6 Å². The van der Waals surface area contributed by atoms with E-state index in [1.54, 1.807) is 6.33 Å². The number of imidazole rings is 1. The Bertz CT molecular complexity index is 1280. The van der Waals surface area contributed by atoms with Crippen molar-refractivity contribution in [3.8, 4) is 0 Å². The number of nitrogens with two attached hydrogens (primary N) is 1. The van der Waals surface area contributed by atoms with Crippen LogP contribution in [0.5, 0.6) is 0 Å². The van der Waals surface area contributed by atoms with Crippen molar-refractivity contribution in [1.82, 2.24) is 24.5 Å². The van der Waals surface area contributed by atoms with Gasteiger partial charge in [-0.05, 0) is 18.6 Å². The molecule has 1 saturated carbocycles. The number of nitrogens with zero attached hydrogens (tertiary/aromatic N) is 6. The molecule has 3 N–H and O–H groups in total. The highest BCUT2D eigenvalue weighted by molar-refractivity contribution is 6.03. The zero-order chi connectivity index (χ0) is 19.5. The Hall–Kier alpha value is -3.59. The molecule has 1 aliphatic heterocycles. The first kappa shape index (κ1) is 16.4. The van der Waals surface area contributed by atoms with E-state index in [4.69, 9.17) is 15.6 Å². The molecule has 2 unspecified atom stereocenters. The average Bonchev–Trinajstić information content (AvgIpc) is 3.44. The summed E-state index contributed by atoms with van der Waals surface area (Å²) in [4.78, 5) is 23.2. The predicted molar refractivity (Wildman–Crippen MR) is 106 cm³/mol. The van der Waals surface area contributed by atoms with Gasteiger partial charge in [0.2, 0.25) is 0 Å². The second kappa shape index (κ2) is 5.95. The minimum absolute atomic E-state index is 0.170. The highest BCUT2D eigenvalue weighted by Gasteiger charge is 2.52. The van der Waals surface area contributed by atoms with Crippen molar-refractivity contribution in [2.45, 2.75) is 24.7 Å². The largest absolute Gasteiger partial charge is 0.392 e. The van der Waals surface area contributed by atoms with Gasteiger partial charge in [0.1, 0.15) is 17.6 Å². The van der Waals surface area contributed by atoms with Crippen LogP contribution in [0, 0.1) is 5.92 Å². The summed E-state index contributed by atoms with van der Waals surface area (Å²) in [5.41, 5.74) is 9.35. The Morgan fingerprint density at radius 2 is 2.00 bits per heavy atom. The highest BCUT2D eigenvalue weighted by Crippen LogP contribution is 2.43. The zero-order valence-corrected chi connectivity index (χ0v) is 15.3. The Labute approximate surface area is 164 Å². The smallest absolute Gasteiger partial charge is 0.165 e. The van der Waals surface area contributed by atoms with Crippen LogP contribution in [0.3, 0.4) is 0 Å². The third kappa shape index (κ3) is 2.34. The molecule has 3 aromatic heterocycles. The molecule has 29 heavy (non-hydrogen) atoms. The first-order valence-corrected chi connectivity index (χ1v) is 9.41. The van der Waals surface area contributed by atoms with Crippen molar-refractivity contribution < 1.29 is 9.94 Å². The standard InChI is InChI=1S/C20H17N7O2/c21-19-17-20(23-8-22-19)27(9-24-17)13-7-14(28)15-16(26-29-18(13)15)12-6-5-10-3-1-2-4-11(10)25-12/h1-6,8-9,13-15,18,28H,7H2,(H2,21,22,23)/t13-,14+,15?,18?/m1/s1. The number of hydrogen-bond acceptors (Lipinski definition) is 8. The normalized spacial score (nSPS) is 25.9. The summed E-state index contributed by atoms with van der Waals surface area (Å²) in [6, 6.07) is 11.7. The van der Waals surface area contributed by atoms with E-state index in [0.29, 0.717) is 29.1 Å². The third-order valence-electron chi connectivity index (χ3n) is 5.82. The van der Waals surface area contributed by atoms with Gasteiger partial charge in [-0.15, -0.1) is 0 Å². The van der Waals surface area contributed by atoms with Crippen LogP contribution >= 0.6 is 0 Å². The molecule has 1 aliphatic carbocycles. The number of rotatable bonds is 2. The molecule has 0 saturated heterocycles. The minimum Gasteiger partial charge on any atom is -0.392 e. The van der Waals surface area contributed by atoms with Gasteiger partial charge in [0.15, 0.2) is 17.6 Å². The quantitative estimate of drug-likeness (QED) is 0.536. The number of aliphatic hydroxyl groups excluding tert-OH is 1. The fourth-order valence-electron chi connectivity index (χ4n) is 4.45. The summed E-state index contributed by atoms with van der Waals surface area (Å²) in [5.74, 6) is 0.0544. The fraction of sp³-hybridized carbons (Fsp3) is 0.250. The van der Waals surface area contributed by atoms with E-state index in [9.17, 15) is 5.11 Å². The number of oxime groups is 1. The van der Waals surface area contributed by atoms with Crippen LogP contribution in [0.2, 0.25) is 0 Å². The molecule has 6 rings (SSSR count). The van der Waals surface area contributed by atoms with Crippen LogP contribution < -0.4 is 5.73 Å². The van der Waals surface area contributed by atoms with Gasteiger partial charge in [-0.3, -0.25) is 0 Å². The first-order valence-electron chi connectivity index (χ1n) is 9.41. The fourth-order valence-corrected chi connectivity index (χ4v) is 4.45. The monoisotopic (exact) mass is 387 g/mol. The molecule has 9 nitrogen and oxygen atoms in total. The molecule has 9 heteroatoms. The topological polar surface area (TPSA) is 124 Å². The van der Waals surface area contributed by atoms with Crippen LogP contribution in [-0.4, -0.2) is 47.5 Å². The molecule has 1 fully saturated rings. The van der Waals surface area contributed by atoms with Crippen molar-refractivity contribution in [2.75, 3.05) is 5.73 Å². The van der Waals surface area contributed by atoms with E-state index < -0.39 is 6.10 Å². The van der Waals surface area contributed by atoms with Crippen LogP contribution in [0.4, 0.5) is 5.82 Å². The van der Waals surface area contributed by atoms with Gasteiger partial charge < -0.3 is 20.2 Å². The minimum atomic E-state index is -0.615. The SMILES string of the molecule is Nc1ncnc2c1ncn2[C@@H]1C[C@H](O)C2C(c3ccc4ccccc4n3)=NOC21. The number of fused-ring (bicyclic) bond motifs is 3. The van der Waals surface area contributed by atoms with E-state index >= 15 is 0 Å². The third-order valence-corrected chi connectivity index (χ3v) is 5.82. The van der Waals surface area contributed by atoms with Crippen molar-refractivity contribution >= 4 is 33.6 Å². The summed E-state index contributed by atoms with van der Waals surface area (Å²) in [6.07, 6.45) is 2.63. The summed E-state index contributed by atoms with van der Waals surface area (Å²) >= 11 is 0. The van der Waals surface area contributed by atoms with Gasteiger partial charge in [0.05, 0.1) is 35.6 Å². The second-order valence-electron chi connectivity index (χ2n) is 7.41. The molecule has 4 atom stereocenters. The van der Waals surface area contributed by atoms with Gasteiger partial charge >= 0.3 is 0 Å². The van der Waals surface area contributed by atoms with Crippen LogP contribution in [0.1, 0.15) is 18.2 Å². The van der Waals surface area contributed by atoms with E-state index in [1.807, 2.05) is 41.0 Å². The number of benzene rings is 1. The molecule has 144 valence electrons. The summed E-state index contributed by atoms with van der Waals surface area (Å²) in [6.45, 7) is 0. The van der Waals surface area contributed by atoms with Gasteiger partial charge in [0, 0.05) is 5.39 Å². The molecule has 0 radical (unpaired) electrons. The van der Waals surface area contributed by atoms with E-state index in [1.165, 1.54) is 6.33 Å². The van der Waals surface area contributed by atoms with Gasteiger partial charge in [-0.25, -0.2) is 19.9 Å². The zero-order valence-electron chi connectivity index (χ0n) is 15.3. The van der Waals surface area contributed by atoms with Gasteiger partial charge in [-0.1, -0.05) is 29.4 Å². The Kier molecular flexibility index (Phi) is 3.36. The number of anilines is 1. The van der Waals surface area contributed by atoms with Gasteiger partial charge in [0.25, 0.3) is 0 Å². The van der Waals surface area contributed by atoms with Crippen molar-refractivity contribution in [3.05, 3.63) is 54.7 Å². The maximum atomic E-state index is 10.9. The number of nitrogen functional groups attached to an aromatic ring is 1. The lowest BCUT2D eigenvalue weighted by Crippen LogP contribution is -2.30. The maximum Gasteiger partial charge on any atom is 0.165 e. The van der Waals surface area contributed by atoms with Crippen LogP contribution in [-0.2, 0) is 4.84 Å². The Morgan fingerprint density at radius 3 is 2.93 bits per heavy atom. The molecule has 1 aromatic carbocycles. The van der Waals surface area contributed by atoms with Crippen LogP contribution in [0.15, 0.2) is 54.2 Å². The molecule has 4 aromatic rings. The van der Waals surface area contributed by atoms with E-state index in [-0.39, 0.29) is 18.1 Å². The summed E-state index contributed by atoms with van der Waals surface area (Å²) in [7, 11) is 0. The summed E-state index contributed by atoms with van der Waals surface area (Å²) in [5, 5.41) is 16.2. The lowest BCUT2D eigenvalue weighted by molar-refractivity contribution is 0.0380. The van der Waals surface area contributed by atoms with Crippen molar-refractivity contribution in [3.63, 3.8) is 0 Å². The van der Waals surface area contributed by atoms with Crippen molar-refractivity contribution in [1.29, 1.82) is 0 Å². The number of aromatic nitrogens is 5. The molecule has 4 heterocycles. The molecule has 2 aliphatic rings. The molecular formula is C20H17N7O2. The number of pyridine rings is 1. The number of para-hydroxylation sites is 1. The maximum absolute atomic E-state index is 10.9. The van der Waals surface area contributed by atoms with Crippen LogP contribution in [0.25, 0.3) is 22.1 Å². The lowest BCUT2D eigenvalue weighted by atomic mass is 9.95. The molecule has 0 amide bonds. The van der Waals surface area contributed by atoms with Crippen molar-refractivity contribution in [2.24, 2.45) is 11.1 Å². The molecule has 0 spiro atoms. The van der Waals surface area contributed by atoms with Gasteiger partial charge in [-0.2, -0.15) is 0 Å². The Morgan fingerprint density at radius 1 is 1.10 bits per heavy atom.